The number of nitrogens with one attached hydrogen (secondary N) is 1. The minimum atomic E-state index is 0.562. The summed E-state index contributed by atoms with van der Waals surface area (Å²) in [7, 11) is 0. The van der Waals surface area contributed by atoms with Crippen molar-refractivity contribution >= 4 is 11.6 Å². The topological polar surface area (TPSA) is 29.9 Å². The third-order valence-electron chi connectivity index (χ3n) is 5.42. The summed E-state index contributed by atoms with van der Waals surface area (Å²) in [5.41, 5.74) is 2.29. The number of aromatic nitrogens is 2. The van der Waals surface area contributed by atoms with E-state index in [1.807, 2.05) is 0 Å². The van der Waals surface area contributed by atoms with E-state index in [9.17, 15) is 0 Å². The monoisotopic (exact) mass is 309 g/mol. The van der Waals surface area contributed by atoms with E-state index < -0.39 is 0 Å². The summed E-state index contributed by atoms with van der Waals surface area (Å²) in [6.07, 6.45) is 6.26. The van der Waals surface area contributed by atoms with Crippen molar-refractivity contribution in [2.45, 2.75) is 65.5 Å². The Labute approximate surface area is 133 Å². The normalized spacial score (nSPS) is 28.7. The van der Waals surface area contributed by atoms with E-state index in [2.05, 4.69) is 35.9 Å². The quantitative estimate of drug-likeness (QED) is 0.832. The molecule has 1 heterocycles. The third-order valence-corrected chi connectivity index (χ3v) is 5.86. The molecule has 0 aromatic carbocycles. The minimum Gasteiger partial charge on any atom is -0.314 e. The van der Waals surface area contributed by atoms with Crippen molar-refractivity contribution in [1.29, 1.82) is 0 Å². The first-order chi connectivity index (χ1) is 10.2. The largest absolute Gasteiger partial charge is 0.314 e. The predicted octanol–water partition coefficient (Wildman–Crippen LogP) is 3.69. The van der Waals surface area contributed by atoms with E-state index >= 15 is 0 Å². The van der Waals surface area contributed by atoms with Gasteiger partial charge in [0.15, 0.2) is 0 Å². The van der Waals surface area contributed by atoms with Gasteiger partial charge < -0.3 is 5.32 Å². The first kappa shape index (κ1) is 15.4. The summed E-state index contributed by atoms with van der Waals surface area (Å²) in [5, 5.41) is 9.30. The van der Waals surface area contributed by atoms with Crippen LogP contribution in [0.25, 0.3) is 0 Å². The first-order valence-electron chi connectivity index (χ1n) is 8.65. The van der Waals surface area contributed by atoms with Gasteiger partial charge in [-0.1, -0.05) is 25.4 Å². The molecule has 0 saturated heterocycles. The number of aryl methyl sites for hydroxylation is 2. The van der Waals surface area contributed by atoms with Crippen molar-refractivity contribution in [1.82, 2.24) is 15.1 Å². The predicted molar refractivity (Wildman–Crippen MR) is 87.8 cm³/mol. The number of hydrogen-bond donors (Lipinski definition) is 1. The molecule has 2 aliphatic rings. The molecule has 3 nitrogen and oxygen atoms in total. The summed E-state index contributed by atoms with van der Waals surface area (Å²) in [5.74, 6) is 2.90. The molecule has 2 aliphatic carbocycles. The molecule has 21 heavy (non-hydrogen) atoms. The Kier molecular flexibility index (Phi) is 4.60. The Balaban J connectivity index is 1.77. The van der Waals surface area contributed by atoms with Crippen LogP contribution in [0.4, 0.5) is 0 Å². The zero-order valence-electron chi connectivity index (χ0n) is 13.5. The molecule has 1 N–H and O–H groups in total. The molecule has 3 rings (SSSR count). The molecule has 0 aliphatic heterocycles. The second-order valence-electron chi connectivity index (χ2n) is 6.73. The van der Waals surface area contributed by atoms with Crippen LogP contribution >= 0.6 is 11.6 Å². The van der Waals surface area contributed by atoms with Crippen molar-refractivity contribution in [3.05, 3.63) is 16.4 Å². The van der Waals surface area contributed by atoms with E-state index in [1.54, 1.807) is 0 Å². The molecule has 0 radical (unpaired) electrons. The van der Waals surface area contributed by atoms with Gasteiger partial charge >= 0.3 is 0 Å². The molecule has 118 valence electrons. The van der Waals surface area contributed by atoms with Crippen LogP contribution < -0.4 is 5.32 Å². The van der Waals surface area contributed by atoms with Crippen LogP contribution in [0, 0.1) is 17.8 Å². The first-order valence-corrected chi connectivity index (χ1v) is 9.03. The summed E-state index contributed by atoms with van der Waals surface area (Å²) in [4.78, 5) is 0. The van der Waals surface area contributed by atoms with Crippen LogP contribution in [0.15, 0.2) is 0 Å². The van der Waals surface area contributed by atoms with Gasteiger partial charge in [0.25, 0.3) is 0 Å². The Bertz CT molecular complexity index is 486. The molecule has 1 aromatic rings. The summed E-state index contributed by atoms with van der Waals surface area (Å²) < 4.78 is 2.11. The smallest absolute Gasteiger partial charge is 0.0850 e. The molecule has 1 aromatic heterocycles. The molecular weight excluding hydrogens is 282 g/mol. The van der Waals surface area contributed by atoms with Crippen molar-refractivity contribution in [3.8, 4) is 0 Å². The SMILES string of the molecule is CCNC(Cc1c(Cl)c(CC)nn1CC)C1CC2CC2C1. The maximum Gasteiger partial charge on any atom is 0.0850 e. The van der Waals surface area contributed by atoms with Gasteiger partial charge in [0.05, 0.1) is 16.4 Å². The fourth-order valence-corrected chi connectivity index (χ4v) is 4.52. The summed E-state index contributed by atoms with van der Waals surface area (Å²) in [6, 6.07) is 0.562. The fourth-order valence-electron chi connectivity index (χ4n) is 4.18. The van der Waals surface area contributed by atoms with Crippen LogP contribution in [0.5, 0.6) is 0 Å². The van der Waals surface area contributed by atoms with Crippen LogP contribution in [-0.4, -0.2) is 22.4 Å². The Morgan fingerprint density at radius 1 is 1.24 bits per heavy atom. The zero-order valence-corrected chi connectivity index (χ0v) is 14.3. The fraction of sp³-hybridized carbons (Fsp3) is 0.824. The lowest BCUT2D eigenvalue weighted by Gasteiger charge is -2.26. The number of fused-ring (bicyclic) bond motifs is 1. The van der Waals surface area contributed by atoms with Crippen molar-refractivity contribution in [2.75, 3.05) is 6.54 Å². The average molecular weight is 310 g/mol. The number of rotatable bonds is 7. The van der Waals surface area contributed by atoms with Crippen LogP contribution in [0.2, 0.25) is 5.02 Å². The van der Waals surface area contributed by atoms with Gasteiger partial charge in [-0.25, -0.2) is 0 Å². The lowest BCUT2D eigenvalue weighted by Crippen LogP contribution is -2.38. The number of hydrogen-bond acceptors (Lipinski definition) is 2. The van der Waals surface area contributed by atoms with Crippen LogP contribution in [0.3, 0.4) is 0 Å². The van der Waals surface area contributed by atoms with Crippen LogP contribution in [0.1, 0.15) is 51.4 Å². The van der Waals surface area contributed by atoms with Gasteiger partial charge in [-0.2, -0.15) is 5.10 Å². The zero-order chi connectivity index (χ0) is 15.0. The van der Waals surface area contributed by atoms with Crippen molar-refractivity contribution < 1.29 is 0 Å². The molecule has 3 atom stereocenters. The van der Waals surface area contributed by atoms with Gasteiger partial charge in [-0.3, -0.25) is 4.68 Å². The van der Waals surface area contributed by atoms with Gasteiger partial charge in [-0.05, 0) is 56.9 Å². The van der Waals surface area contributed by atoms with E-state index in [-0.39, 0.29) is 0 Å². The summed E-state index contributed by atoms with van der Waals surface area (Å²) in [6.45, 7) is 8.43. The highest BCUT2D eigenvalue weighted by molar-refractivity contribution is 6.31. The number of nitrogens with zero attached hydrogens (tertiary/aromatic N) is 2. The summed E-state index contributed by atoms with van der Waals surface area (Å²) >= 11 is 6.59. The van der Waals surface area contributed by atoms with Gasteiger partial charge in [0.2, 0.25) is 0 Å². The maximum absolute atomic E-state index is 6.59. The molecule has 3 unspecified atom stereocenters. The highest BCUT2D eigenvalue weighted by Gasteiger charge is 2.47. The van der Waals surface area contributed by atoms with E-state index in [4.69, 9.17) is 11.6 Å². The Morgan fingerprint density at radius 2 is 1.95 bits per heavy atom. The van der Waals surface area contributed by atoms with Crippen molar-refractivity contribution in [2.24, 2.45) is 17.8 Å². The second-order valence-corrected chi connectivity index (χ2v) is 7.11. The van der Waals surface area contributed by atoms with Gasteiger partial charge in [-0.15, -0.1) is 0 Å². The number of halogens is 1. The maximum atomic E-state index is 6.59. The van der Waals surface area contributed by atoms with Gasteiger partial charge in [0.1, 0.15) is 0 Å². The second kappa shape index (κ2) is 6.29. The average Bonchev–Trinajstić information content (AvgIpc) is 2.97. The van der Waals surface area contributed by atoms with E-state index in [0.717, 1.165) is 54.4 Å². The molecular formula is C17H28ClN3. The lowest BCUT2D eigenvalue weighted by atomic mass is 9.91. The Hall–Kier alpha value is -0.540. The molecule has 2 fully saturated rings. The van der Waals surface area contributed by atoms with Gasteiger partial charge in [0, 0.05) is 19.0 Å². The van der Waals surface area contributed by atoms with E-state index in [0.29, 0.717) is 6.04 Å². The molecule has 2 saturated carbocycles. The third kappa shape index (κ3) is 3.00. The number of likely N-dealkylation sites (N-methyl/N-ethyl adjacent to an activating group) is 1. The Morgan fingerprint density at radius 3 is 2.52 bits per heavy atom. The molecule has 0 bridgehead atoms. The van der Waals surface area contributed by atoms with E-state index in [1.165, 1.54) is 25.0 Å². The highest BCUT2D eigenvalue weighted by atomic mass is 35.5. The standard InChI is InChI=1S/C17H28ClN3/c1-4-14-17(18)16(21(6-3)20-14)10-15(19-5-2)13-8-11-7-12(11)9-13/h11-13,15,19H,4-10H2,1-3H3. The molecule has 0 spiro atoms. The van der Waals surface area contributed by atoms with Crippen molar-refractivity contribution in [3.63, 3.8) is 0 Å². The molecule has 0 amide bonds. The minimum absolute atomic E-state index is 0.562. The van der Waals surface area contributed by atoms with Crippen LogP contribution in [-0.2, 0) is 19.4 Å². The highest BCUT2D eigenvalue weighted by Crippen LogP contribution is 2.55. The molecule has 4 heteroatoms. The lowest BCUT2D eigenvalue weighted by molar-refractivity contribution is 0.331.